The van der Waals surface area contributed by atoms with Crippen molar-refractivity contribution < 1.29 is 4.74 Å². The van der Waals surface area contributed by atoms with Crippen LogP contribution in [0.5, 0.6) is 5.75 Å². The lowest BCUT2D eigenvalue weighted by atomic mass is 10.2. The van der Waals surface area contributed by atoms with Crippen molar-refractivity contribution in [1.82, 2.24) is 19.1 Å². The summed E-state index contributed by atoms with van der Waals surface area (Å²) in [6.45, 7) is 1.98. The van der Waals surface area contributed by atoms with Crippen LogP contribution in [0.1, 0.15) is 6.92 Å². The summed E-state index contributed by atoms with van der Waals surface area (Å²) >= 11 is 1.45. The fourth-order valence-electron chi connectivity index (χ4n) is 2.54. The zero-order valence-corrected chi connectivity index (χ0v) is 15.3. The molecule has 0 bridgehead atoms. The van der Waals surface area contributed by atoms with Crippen molar-refractivity contribution in [3.63, 3.8) is 0 Å². The van der Waals surface area contributed by atoms with Crippen molar-refractivity contribution >= 4 is 22.8 Å². The third kappa shape index (κ3) is 2.93. The van der Waals surface area contributed by atoms with Crippen LogP contribution in [0.4, 0.5) is 0 Å². The monoisotopic (exact) mass is 358 g/mol. The van der Waals surface area contributed by atoms with Gasteiger partial charge in [0.1, 0.15) is 16.2 Å². The average Bonchev–Trinajstić information content (AvgIpc) is 2.64. The number of ether oxygens (including phenoxy) is 1. The van der Waals surface area contributed by atoms with Gasteiger partial charge in [0.2, 0.25) is 0 Å². The van der Waals surface area contributed by atoms with Gasteiger partial charge in [0.05, 0.1) is 7.11 Å². The molecule has 0 atom stereocenters. The van der Waals surface area contributed by atoms with Gasteiger partial charge in [-0.3, -0.25) is 13.9 Å². The number of fused-ring (bicyclic) bond motifs is 1. The number of aromatic nitrogens is 4. The van der Waals surface area contributed by atoms with Gasteiger partial charge in [0, 0.05) is 19.7 Å². The Hall–Kier alpha value is -2.61. The lowest BCUT2D eigenvalue weighted by Gasteiger charge is -2.11. The third-order valence-corrected chi connectivity index (χ3v) is 4.75. The van der Waals surface area contributed by atoms with Gasteiger partial charge >= 0.3 is 5.69 Å². The predicted molar refractivity (Wildman–Crippen MR) is 98.4 cm³/mol. The van der Waals surface area contributed by atoms with Crippen molar-refractivity contribution in [1.29, 1.82) is 0 Å². The molecule has 8 heteroatoms. The smallest absolute Gasteiger partial charge is 0.332 e. The van der Waals surface area contributed by atoms with E-state index >= 15 is 0 Å². The average molecular weight is 358 g/mol. The number of nitrogens with zero attached hydrogens (tertiary/aromatic N) is 4. The van der Waals surface area contributed by atoms with Gasteiger partial charge in [-0.05, 0) is 30.0 Å². The molecule has 0 unspecified atom stereocenters. The number of aryl methyl sites for hydroxylation is 1. The predicted octanol–water partition coefficient (Wildman–Crippen LogP) is 1.81. The summed E-state index contributed by atoms with van der Waals surface area (Å²) in [7, 11) is 4.67. The highest BCUT2D eigenvalue weighted by Gasteiger charge is 2.17. The molecule has 0 aliphatic heterocycles. The Balaban J connectivity index is 2.35. The Bertz CT molecular complexity index is 1050. The number of benzene rings is 1. The topological polar surface area (TPSA) is 79.0 Å². The van der Waals surface area contributed by atoms with Crippen LogP contribution in [0.15, 0.2) is 38.9 Å². The second kappa shape index (κ2) is 6.72. The summed E-state index contributed by atoms with van der Waals surface area (Å²) in [5.74, 6) is 1.95. The van der Waals surface area contributed by atoms with E-state index in [1.54, 1.807) is 14.2 Å². The van der Waals surface area contributed by atoms with Gasteiger partial charge < -0.3 is 4.74 Å². The van der Waals surface area contributed by atoms with Crippen molar-refractivity contribution in [2.45, 2.75) is 11.9 Å². The first-order valence-electron chi connectivity index (χ1n) is 7.73. The van der Waals surface area contributed by atoms with E-state index in [-0.39, 0.29) is 5.56 Å². The van der Waals surface area contributed by atoms with Gasteiger partial charge in [-0.2, -0.15) is 0 Å². The molecule has 3 rings (SSSR count). The van der Waals surface area contributed by atoms with Crippen LogP contribution in [0.25, 0.3) is 22.4 Å². The normalized spacial score (nSPS) is 11.0. The molecule has 0 spiro atoms. The van der Waals surface area contributed by atoms with Crippen LogP contribution in [-0.2, 0) is 14.1 Å². The molecule has 0 aliphatic carbocycles. The van der Waals surface area contributed by atoms with Crippen molar-refractivity contribution in [2.24, 2.45) is 14.1 Å². The van der Waals surface area contributed by atoms with Crippen LogP contribution in [-0.4, -0.2) is 32.0 Å². The van der Waals surface area contributed by atoms with E-state index in [1.807, 2.05) is 31.2 Å². The zero-order chi connectivity index (χ0) is 18.1. The fraction of sp³-hybridized carbons (Fsp3) is 0.294. The molecule has 0 aliphatic rings. The molecular formula is C17H18N4O3S. The summed E-state index contributed by atoms with van der Waals surface area (Å²) < 4.78 is 7.63. The van der Waals surface area contributed by atoms with Crippen LogP contribution < -0.4 is 16.0 Å². The first-order valence-corrected chi connectivity index (χ1v) is 8.71. The Kier molecular flexibility index (Phi) is 4.63. The Morgan fingerprint density at radius 3 is 2.36 bits per heavy atom. The number of rotatable bonds is 4. The molecule has 0 saturated carbocycles. The molecule has 130 valence electrons. The molecule has 7 nitrogen and oxygen atoms in total. The molecule has 2 heterocycles. The summed E-state index contributed by atoms with van der Waals surface area (Å²) in [5, 5.41) is 0.947. The second-order valence-electron chi connectivity index (χ2n) is 5.42. The maximum atomic E-state index is 12.6. The summed E-state index contributed by atoms with van der Waals surface area (Å²) in [6, 6.07) is 7.33. The minimum Gasteiger partial charge on any atom is -0.497 e. The van der Waals surface area contributed by atoms with Gasteiger partial charge in [-0.15, -0.1) is 11.8 Å². The first-order chi connectivity index (χ1) is 12.0. The highest BCUT2D eigenvalue weighted by molar-refractivity contribution is 7.99. The van der Waals surface area contributed by atoms with Gasteiger partial charge in [0.15, 0.2) is 11.5 Å². The van der Waals surface area contributed by atoms with E-state index in [4.69, 9.17) is 4.74 Å². The van der Waals surface area contributed by atoms with Crippen molar-refractivity contribution in [2.75, 3.05) is 12.9 Å². The van der Waals surface area contributed by atoms with Crippen LogP contribution in [0.2, 0.25) is 0 Å². The van der Waals surface area contributed by atoms with Crippen molar-refractivity contribution in [3.8, 4) is 17.1 Å². The summed E-state index contributed by atoms with van der Waals surface area (Å²) in [4.78, 5) is 33.9. The first kappa shape index (κ1) is 17.2. The van der Waals surface area contributed by atoms with E-state index in [2.05, 4.69) is 9.97 Å². The van der Waals surface area contributed by atoms with Gasteiger partial charge in [0.25, 0.3) is 5.56 Å². The largest absolute Gasteiger partial charge is 0.497 e. The molecule has 0 saturated heterocycles. The van der Waals surface area contributed by atoms with E-state index in [9.17, 15) is 9.59 Å². The highest BCUT2D eigenvalue weighted by Crippen LogP contribution is 2.26. The SMILES string of the molecule is CCSc1nc(-c2ccc(OC)cc2)nc2c1c(=O)n(C)c(=O)n2C. The van der Waals surface area contributed by atoms with E-state index in [1.165, 1.54) is 23.4 Å². The number of methoxy groups -OCH3 is 1. The van der Waals surface area contributed by atoms with Crippen LogP contribution >= 0.6 is 11.8 Å². The summed E-state index contributed by atoms with van der Waals surface area (Å²) in [5.41, 5.74) is 0.332. The second-order valence-corrected chi connectivity index (χ2v) is 6.67. The van der Waals surface area contributed by atoms with Crippen LogP contribution in [0.3, 0.4) is 0 Å². The Morgan fingerprint density at radius 1 is 1.08 bits per heavy atom. The standard InChI is InChI=1S/C17H18N4O3S/c1-5-25-15-12-14(20(2)17(23)21(3)16(12)22)18-13(19-15)10-6-8-11(24-4)9-7-10/h6-9H,5H2,1-4H3. The van der Waals surface area contributed by atoms with E-state index in [0.29, 0.717) is 21.9 Å². The van der Waals surface area contributed by atoms with Crippen LogP contribution in [0, 0.1) is 0 Å². The lowest BCUT2D eigenvalue weighted by molar-refractivity contribution is 0.415. The molecule has 0 N–H and O–H groups in total. The zero-order valence-electron chi connectivity index (χ0n) is 14.4. The van der Waals surface area contributed by atoms with E-state index < -0.39 is 5.69 Å². The minimum absolute atomic E-state index is 0.338. The van der Waals surface area contributed by atoms with Gasteiger partial charge in [-0.1, -0.05) is 6.92 Å². The Morgan fingerprint density at radius 2 is 1.76 bits per heavy atom. The number of hydrogen-bond acceptors (Lipinski definition) is 6. The van der Waals surface area contributed by atoms with Crippen molar-refractivity contribution in [3.05, 3.63) is 45.1 Å². The molecule has 2 aromatic heterocycles. The maximum absolute atomic E-state index is 12.6. The minimum atomic E-state index is -0.413. The molecule has 0 amide bonds. The molecule has 0 radical (unpaired) electrons. The number of thioether (sulfide) groups is 1. The van der Waals surface area contributed by atoms with Gasteiger partial charge in [-0.25, -0.2) is 14.8 Å². The Labute approximate surface area is 148 Å². The number of hydrogen-bond donors (Lipinski definition) is 0. The van der Waals surface area contributed by atoms with E-state index in [0.717, 1.165) is 21.6 Å². The lowest BCUT2D eigenvalue weighted by Crippen LogP contribution is -2.37. The summed E-state index contributed by atoms with van der Waals surface area (Å²) in [6.07, 6.45) is 0. The molecule has 25 heavy (non-hydrogen) atoms. The molecule has 1 aromatic carbocycles. The maximum Gasteiger partial charge on any atom is 0.332 e. The third-order valence-electron chi connectivity index (χ3n) is 3.90. The molecular weight excluding hydrogens is 340 g/mol. The molecule has 3 aromatic rings. The highest BCUT2D eigenvalue weighted by atomic mass is 32.2. The quantitative estimate of drug-likeness (QED) is 0.523. The fourth-order valence-corrected chi connectivity index (χ4v) is 3.29. The molecule has 0 fully saturated rings.